The molecule has 6 heteroatoms. The third-order valence-electron chi connectivity index (χ3n) is 3.72. The Morgan fingerprint density at radius 3 is 1.90 bits per heavy atom. The first-order valence-corrected chi connectivity index (χ1v) is 7.10. The van der Waals surface area contributed by atoms with E-state index in [2.05, 4.69) is 16.0 Å². The summed E-state index contributed by atoms with van der Waals surface area (Å²) in [5, 5.41) is 8.25. The number of hydrogen-bond acceptors (Lipinski definition) is 3. The lowest BCUT2D eigenvalue weighted by molar-refractivity contribution is -0.123. The van der Waals surface area contributed by atoms with Crippen molar-refractivity contribution in [3.05, 3.63) is 24.3 Å². The minimum atomic E-state index is -0.313. The molecule has 1 saturated heterocycles. The molecule has 3 amide bonds. The van der Waals surface area contributed by atoms with Crippen molar-refractivity contribution >= 4 is 29.1 Å². The summed E-state index contributed by atoms with van der Waals surface area (Å²) in [6.45, 7) is 0.389. The van der Waals surface area contributed by atoms with Crippen LogP contribution in [-0.2, 0) is 14.4 Å². The molecule has 0 aromatic heterocycles. The number of carbonyl (C=O) groups is 3. The molecule has 3 N–H and O–H groups in total. The van der Waals surface area contributed by atoms with Crippen molar-refractivity contribution in [3.63, 3.8) is 0 Å². The van der Waals surface area contributed by atoms with Crippen LogP contribution in [-0.4, -0.2) is 24.3 Å². The average Bonchev–Trinajstić information content (AvgIpc) is 3.23. The van der Waals surface area contributed by atoms with Crippen molar-refractivity contribution in [2.45, 2.75) is 19.3 Å². The minimum absolute atomic E-state index is 0.0577. The fraction of sp³-hybridized carbons (Fsp3) is 0.400. The van der Waals surface area contributed by atoms with E-state index in [1.807, 2.05) is 0 Å². The van der Waals surface area contributed by atoms with Crippen LogP contribution in [0, 0.1) is 11.8 Å². The number of rotatable bonds is 4. The van der Waals surface area contributed by atoms with E-state index in [0.717, 1.165) is 18.5 Å². The number of benzene rings is 1. The topological polar surface area (TPSA) is 87.3 Å². The van der Waals surface area contributed by atoms with Gasteiger partial charge in [0.25, 0.3) is 0 Å². The molecule has 1 aromatic carbocycles. The summed E-state index contributed by atoms with van der Waals surface area (Å²) in [5.74, 6) is -0.345. The molecule has 0 spiro atoms. The van der Waals surface area contributed by atoms with Crippen molar-refractivity contribution in [1.29, 1.82) is 0 Å². The summed E-state index contributed by atoms with van der Waals surface area (Å²) in [6, 6.07) is 7.00. The first kappa shape index (κ1) is 13.6. The molecule has 1 heterocycles. The van der Waals surface area contributed by atoms with Crippen LogP contribution in [0.4, 0.5) is 11.4 Å². The summed E-state index contributed by atoms with van der Waals surface area (Å²) < 4.78 is 0. The first-order chi connectivity index (χ1) is 10.1. The zero-order valence-electron chi connectivity index (χ0n) is 11.5. The van der Waals surface area contributed by atoms with Gasteiger partial charge < -0.3 is 16.0 Å². The number of carbonyl (C=O) groups excluding carboxylic acids is 3. The van der Waals surface area contributed by atoms with Gasteiger partial charge in [0.1, 0.15) is 0 Å². The smallest absolute Gasteiger partial charge is 0.229 e. The van der Waals surface area contributed by atoms with Gasteiger partial charge in [0, 0.05) is 30.3 Å². The van der Waals surface area contributed by atoms with Gasteiger partial charge in [-0.3, -0.25) is 14.4 Å². The molecule has 1 saturated carbocycles. The molecule has 6 nitrogen and oxygen atoms in total. The predicted octanol–water partition coefficient (Wildman–Crippen LogP) is 1.11. The van der Waals surface area contributed by atoms with Crippen LogP contribution in [0.1, 0.15) is 19.3 Å². The van der Waals surface area contributed by atoms with Crippen molar-refractivity contribution in [3.8, 4) is 0 Å². The van der Waals surface area contributed by atoms with Gasteiger partial charge in [0.05, 0.1) is 5.92 Å². The molecule has 110 valence electrons. The Kier molecular flexibility index (Phi) is 3.60. The van der Waals surface area contributed by atoms with E-state index in [-0.39, 0.29) is 36.0 Å². The molecule has 21 heavy (non-hydrogen) atoms. The summed E-state index contributed by atoms with van der Waals surface area (Å²) in [6.07, 6.45) is 2.17. The number of hydrogen-bond donors (Lipinski definition) is 3. The Labute approximate surface area is 122 Å². The zero-order chi connectivity index (χ0) is 14.8. The van der Waals surface area contributed by atoms with Gasteiger partial charge in [-0.25, -0.2) is 0 Å². The molecule has 0 bridgehead atoms. The van der Waals surface area contributed by atoms with Gasteiger partial charge in [-0.05, 0) is 37.1 Å². The maximum absolute atomic E-state index is 11.9. The average molecular weight is 287 g/mol. The number of anilines is 2. The fourth-order valence-electron chi connectivity index (χ4n) is 2.26. The lowest BCUT2D eigenvalue weighted by Gasteiger charge is -2.10. The van der Waals surface area contributed by atoms with E-state index < -0.39 is 0 Å². The monoisotopic (exact) mass is 287 g/mol. The SMILES string of the molecule is O=C1CC(C(=O)Nc2ccc(NC(=O)C3CC3)cc2)CN1. The molecule has 1 atom stereocenters. The lowest BCUT2D eigenvalue weighted by Crippen LogP contribution is -2.24. The molecule has 1 unspecified atom stereocenters. The van der Waals surface area contributed by atoms with Gasteiger partial charge >= 0.3 is 0 Å². The fourth-order valence-corrected chi connectivity index (χ4v) is 2.26. The summed E-state index contributed by atoms with van der Waals surface area (Å²) in [7, 11) is 0. The van der Waals surface area contributed by atoms with Crippen molar-refractivity contribution in [2.24, 2.45) is 11.8 Å². The minimum Gasteiger partial charge on any atom is -0.355 e. The Morgan fingerprint density at radius 2 is 1.48 bits per heavy atom. The van der Waals surface area contributed by atoms with Crippen LogP contribution in [0.5, 0.6) is 0 Å². The Balaban J connectivity index is 1.55. The van der Waals surface area contributed by atoms with E-state index in [0.29, 0.717) is 12.2 Å². The summed E-state index contributed by atoms with van der Waals surface area (Å²) in [4.78, 5) is 34.7. The molecule has 0 radical (unpaired) electrons. The van der Waals surface area contributed by atoms with Crippen molar-refractivity contribution in [1.82, 2.24) is 5.32 Å². The standard InChI is InChI=1S/C15H17N3O3/c19-13-7-10(8-16-13)15(21)18-12-5-3-11(4-6-12)17-14(20)9-1-2-9/h3-6,9-10H,1-2,7-8H2,(H,16,19)(H,17,20)(H,18,21). The zero-order valence-corrected chi connectivity index (χ0v) is 11.5. The normalized spacial score (nSPS) is 20.8. The molecule has 2 aliphatic rings. The highest BCUT2D eigenvalue weighted by atomic mass is 16.2. The molecule has 1 aliphatic heterocycles. The van der Waals surface area contributed by atoms with Crippen LogP contribution < -0.4 is 16.0 Å². The van der Waals surface area contributed by atoms with Crippen LogP contribution in [0.25, 0.3) is 0 Å². The Bertz CT molecular complexity index is 578. The first-order valence-electron chi connectivity index (χ1n) is 7.10. The quantitative estimate of drug-likeness (QED) is 0.775. The highest BCUT2D eigenvalue weighted by Gasteiger charge is 2.29. The van der Waals surface area contributed by atoms with Crippen LogP contribution >= 0.6 is 0 Å². The summed E-state index contributed by atoms with van der Waals surface area (Å²) >= 11 is 0. The van der Waals surface area contributed by atoms with E-state index >= 15 is 0 Å². The number of amides is 3. The van der Waals surface area contributed by atoms with E-state index in [4.69, 9.17) is 0 Å². The highest BCUT2D eigenvalue weighted by molar-refractivity contribution is 5.98. The third kappa shape index (κ3) is 3.39. The molecule has 1 aliphatic carbocycles. The van der Waals surface area contributed by atoms with Gasteiger partial charge in [-0.1, -0.05) is 0 Å². The molecular formula is C15H17N3O3. The summed E-state index contributed by atoms with van der Waals surface area (Å²) in [5.41, 5.74) is 1.38. The van der Waals surface area contributed by atoms with Crippen LogP contribution in [0.3, 0.4) is 0 Å². The van der Waals surface area contributed by atoms with Crippen LogP contribution in [0.2, 0.25) is 0 Å². The van der Waals surface area contributed by atoms with Gasteiger partial charge in [0.2, 0.25) is 17.7 Å². The van der Waals surface area contributed by atoms with Crippen LogP contribution in [0.15, 0.2) is 24.3 Å². The largest absolute Gasteiger partial charge is 0.355 e. The maximum atomic E-state index is 11.9. The van der Waals surface area contributed by atoms with Crippen molar-refractivity contribution < 1.29 is 14.4 Å². The van der Waals surface area contributed by atoms with E-state index in [9.17, 15) is 14.4 Å². The second-order valence-electron chi connectivity index (χ2n) is 5.54. The Hall–Kier alpha value is -2.37. The third-order valence-corrected chi connectivity index (χ3v) is 3.72. The molecule has 2 fully saturated rings. The number of nitrogens with one attached hydrogen (secondary N) is 3. The molecular weight excluding hydrogens is 270 g/mol. The molecule has 3 rings (SSSR count). The maximum Gasteiger partial charge on any atom is 0.229 e. The van der Waals surface area contributed by atoms with Gasteiger partial charge in [-0.2, -0.15) is 0 Å². The second kappa shape index (κ2) is 5.55. The second-order valence-corrected chi connectivity index (χ2v) is 5.54. The Morgan fingerprint density at radius 1 is 0.952 bits per heavy atom. The van der Waals surface area contributed by atoms with E-state index in [1.54, 1.807) is 24.3 Å². The van der Waals surface area contributed by atoms with Gasteiger partial charge in [-0.15, -0.1) is 0 Å². The van der Waals surface area contributed by atoms with E-state index in [1.165, 1.54) is 0 Å². The highest BCUT2D eigenvalue weighted by Crippen LogP contribution is 2.30. The lowest BCUT2D eigenvalue weighted by atomic mass is 10.1. The van der Waals surface area contributed by atoms with Gasteiger partial charge in [0.15, 0.2) is 0 Å². The predicted molar refractivity (Wildman–Crippen MR) is 77.5 cm³/mol. The molecule has 1 aromatic rings. The van der Waals surface area contributed by atoms with Crippen molar-refractivity contribution in [2.75, 3.05) is 17.2 Å².